The molecule has 0 bridgehead atoms. The largest absolute Gasteiger partial charge is 0.493 e. The van der Waals surface area contributed by atoms with E-state index in [1.54, 1.807) is 81.0 Å². The Kier molecular flexibility index (Phi) is 6.28. The molecular formula is C25H19BrO6. The quantitative estimate of drug-likeness (QED) is 0.326. The summed E-state index contributed by atoms with van der Waals surface area (Å²) in [5.74, 6) is 1.78. The second kappa shape index (κ2) is 9.28. The molecule has 3 aromatic carbocycles. The minimum Gasteiger partial charge on any atom is -0.493 e. The lowest BCUT2D eigenvalue weighted by atomic mass is 10.1. The second-order valence-corrected chi connectivity index (χ2v) is 7.85. The topological polar surface area (TPSA) is 71.1 Å². The van der Waals surface area contributed by atoms with Crippen LogP contribution in [-0.2, 0) is 0 Å². The number of Topliss-reactive ketones (excluding diaryl/α,β-unsaturated/α-hetero) is 2. The first kappa shape index (κ1) is 21.6. The van der Waals surface area contributed by atoms with Gasteiger partial charge in [0.15, 0.2) is 29.6 Å². The Labute approximate surface area is 193 Å². The molecule has 0 saturated heterocycles. The van der Waals surface area contributed by atoms with Gasteiger partial charge in [0, 0.05) is 16.1 Å². The molecule has 0 unspecified atom stereocenters. The monoisotopic (exact) mass is 494 g/mol. The lowest BCUT2D eigenvalue weighted by Gasteiger charge is -2.08. The van der Waals surface area contributed by atoms with Crippen molar-refractivity contribution in [3.63, 3.8) is 0 Å². The number of benzene rings is 3. The van der Waals surface area contributed by atoms with E-state index in [1.165, 1.54) is 0 Å². The number of halogens is 1. The van der Waals surface area contributed by atoms with E-state index in [0.717, 1.165) is 10.0 Å². The van der Waals surface area contributed by atoms with Crippen LogP contribution >= 0.6 is 15.9 Å². The standard InChI is InChI=1S/C25H19BrO6/c1-29-21-10-3-15(11-23(21)30-2)12-24-25(28)19-9-8-18(13-22(19)32-24)31-14-20(27)16-4-6-17(26)7-5-16/h3-13H,14H2,1-2H3/b24-12-. The predicted molar refractivity (Wildman–Crippen MR) is 123 cm³/mol. The number of carbonyl (C=O) groups is 2. The first-order valence-electron chi connectivity index (χ1n) is 9.70. The molecule has 32 heavy (non-hydrogen) atoms. The number of ketones is 2. The van der Waals surface area contributed by atoms with Gasteiger partial charge in [-0.25, -0.2) is 0 Å². The molecule has 1 aliphatic rings. The molecule has 3 aromatic rings. The highest BCUT2D eigenvalue weighted by molar-refractivity contribution is 9.10. The van der Waals surface area contributed by atoms with Crippen molar-refractivity contribution >= 4 is 33.6 Å². The molecule has 0 spiro atoms. The highest BCUT2D eigenvalue weighted by Gasteiger charge is 2.28. The van der Waals surface area contributed by atoms with Crippen LogP contribution in [0.5, 0.6) is 23.0 Å². The van der Waals surface area contributed by atoms with Crippen LogP contribution in [0.15, 0.2) is 70.9 Å². The summed E-state index contributed by atoms with van der Waals surface area (Å²) in [6.45, 7) is -0.122. The van der Waals surface area contributed by atoms with Gasteiger partial charge >= 0.3 is 0 Å². The molecule has 0 amide bonds. The summed E-state index contributed by atoms with van der Waals surface area (Å²) in [5, 5.41) is 0. The summed E-state index contributed by atoms with van der Waals surface area (Å²) < 4.78 is 22.8. The molecule has 1 heterocycles. The first-order chi connectivity index (χ1) is 15.5. The Morgan fingerprint density at radius 3 is 2.44 bits per heavy atom. The lowest BCUT2D eigenvalue weighted by Crippen LogP contribution is -2.11. The van der Waals surface area contributed by atoms with Gasteiger partial charge < -0.3 is 18.9 Å². The van der Waals surface area contributed by atoms with Crippen molar-refractivity contribution in [2.45, 2.75) is 0 Å². The SMILES string of the molecule is COc1ccc(/C=C2\Oc3cc(OCC(=O)c4ccc(Br)cc4)ccc3C2=O)cc1OC. The maximum Gasteiger partial charge on any atom is 0.231 e. The van der Waals surface area contributed by atoms with Gasteiger partial charge in [0.05, 0.1) is 19.8 Å². The van der Waals surface area contributed by atoms with Crippen molar-refractivity contribution < 1.29 is 28.5 Å². The van der Waals surface area contributed by atoms with Crippen LogP contribution < -0.4 is 18.9 Å². The summed E-state index contributed by atoms with van der Waals surface area (Å²) in [5.41, 5.74) is 1.72. The summed E-state index contributed by atoms with van der Waals surface area (Å²) in [6.07, 6.45) is 1.64. The fourth-order valence-corrected chi connectivity index (χ4v) is 3.48. The Bertz CT molecular complexity index is 1210. The average Bonchev–Trinajstić information content (AvgIpc) is 3.12. The Hall–Kier alpha value is -3.58. The third-order valence-corrected chi connectivity index (χ3v) is 5.41. The van der Waals surface area contributed by atoms with E-state index in [1.807, 2.05) is 0 Å². The highest BCUT2D eigenvalue weighted by atomic mass is 79.9. The molecule has 0 N–H and O–H groups in total. The van der Waals surface area contributed by atoms with Crippen LogP contribution in [0.3, 0.4) is 0 Å². The van der Waals surface area contributed by atoms with E-state index in [-0.39, 0.29) is 23.9 Å². The van der Waals surface area contributed by atoms with Crippen molar-refractivity contribution in [1.82, 2.24) is 0 Å². The average molecular weight is 495 g/mol. The van der Waals surface area contributed by atoms with Gasteiger partial charge in [-0.15, -0.1) is 0 Å². The number of methoxy groups -OCH3 is 2. The van der Waals surface area contributed by atoms with E-state index in [9.17, 15) is 9.59 Å². The lowest BCUT2D eigenvalue weighted by molar-refractivity contribution is 0.0921. The number of allylic oxidation sites excluding steroid dienone is 1. The van der Waals surface area contributed by atoms with Crippen LogP contribution in [0, 0.1) is 0 Å². The van der Waals surface area contributed by atoms with Crippen molar-refractivity contribution in [2.75, 3.05) is 20.8 Å². The van der Waals surface area contributed by atoms with Gasteiger partial charge in [-0.05, 0) is 48.0 Å². The number of rotatable bonds is 7. The van der Waals surface area contributed by atoms with Gasteiger partial charge in [-0.2, -0.15) is 0 Å². The molecule has 6 nitrogen and oxygen atoms in total. The number of hydrogen-bond acceptors (Lipinski definition) is 6. The summed E-state index contributed by atoms with van der Waals surface area (Å²) >= 11 is 3.34. The van der Waals surface area contributed by atoms with Crippen molar-refractivity contribution in [3.05, 3.63) is 87.6 Å². The molecule has 1 aliphatic heterocycles. The molecule has 0 aliphatic carbocycles. The molecule has 0 saturated carbocycles. The normalized spacial score (nSPS) is 13.5. The Morgan fingerprint density at radius 1 is 0.969 bits per heavy atom. The van der Waals surface area contributed by atoms with E-state index < -0.39 is 0 Å². The minimum absolute atomic E-state index is 0.122. The third-order valence-electron chi connectivity index (χ3n) is 4.88. The predicted octanol–water partition coefficient (Wildman–Crippen LogP) is 5.34. The second-order valence-electron chi connectivity index (χ2n) is 6.93. The van der Waals surface area contributed by atoms with Crippen LogP contribution in [0.1, 0.15) is 26.3 Å². The molecule has 7 heteroatoms. The van der Waals surface area contributed by atoms with Gasteiger partial charge in [0.1, 0.15) is 11.5 Å². The van der Waals surface area contributed by atoms with Crippen molar-refractivity contribution in [1.29, 1.82) is 0 Å². The Morgan fingerprint density at radius 2 is 1.72 bits per heavy atom. The molecule has 0 radical (unpaired) electrons. The van der Waals surface area contributed by atoms with E-state index in [2.05, 4.69) is 15.9 Å². The summed E-state index contributed by atoms with van der Waals surface area (Å²) in [4.78, 5) is 25.0. The maximum atomic E-state index is 12.7. The molecule has 0 aromatic heterocycles. The van der Waals surface area contributed by atoms with E-state index in [4.69, 9.17) is 18.9 Å². The molecule has 0 fully saturated rings. The number of hydrogen-bond donors (Lipinski definition) is 0. The molecule has 4 rings (SSSR count). The van der Waals surface area contributed by atoms with Gasteiger partial charge in [-0.3, -0.25) is 9.59 Å². The zero-order valence-corrected chi connectivity index (χ0v) is 19.0. The van der Waals surface area contributed by atoms with Gasteiger partial charge in [0.25, 0.3) is 0 Å². The summed E-state index contributed by atoms with van der Waals surface area (Å²) in [6, 6.07) is 17.3. The number of carbonyl (C=O) groups excluding carboxylic acids is 2. The minimum atomic E-state index is -0.229. The van der Waals surface area contributed by atoms with Crippen LogP contribution in [0.2, 0.25) is 0 Å². The summed E-state index contributed by atoms with van der Waals surface area (Å²) in [7, 11) is 3.10. The molecule has 0 atom stereocenters. The smallest absolute Gasteiger partial charge is 0.231 e. The van der Waals surface area contributed by atoms with Gasteiger partial charge in [-0.1, -0.05) is 34.1 Å². The fraction of sp³-hybridized carbons (Fsp3) is 0.120. The van der Waals surface area contributed by atoms with E-state index >= 15 is 0 Å². The van der Waals surface area contributed by atoms with Gasteiger partial charge in [0.2, 0.25) is 5.78 Å². The first-order valence-corrected chi connectivity index (χ1v) is 10.5. The molecule has 162 valence electrons. The zero-order chi connectivity index (χ0) is 22.7. The zero-order valence-electron chi connectivity index (χ0n) is 17.4. The third kappa shape index (κ3) is 4.53. The van der Waals surface area contributed by atoms with Crippen molar-refractivity contribution in [3.8, 4) is 23.0 Å². The highest BCUT2D eigenvalue weighted by Crippen LogP contribution is 2.36. The van der Waals surface area contributed by atoms with Crippen molar-refractivity contribution in [2.24, 2.45) is 0 Å². The fourth-order valence-electron chi connectivity index (χ4n) is 3.22. The molecular weight excluding hydrogens is 476 g/mol. The Balaban J connectivity index is 1.48. The number of ether oxygens (including phenoxy) is 4. The maximum absolute atomic E-state index is 12.7. The van der Waals surface area contributed by atoms with Crippen LogP contribution in [-0.4, -0.2) is 32.4 Å². The van der Waals surface area contributed by atoms with E-state index in [0.29, 0.717) is 34.1 Å². The van der Waals surface area contributed by atoms with Crippen LogP contribution in [0.25, 0.3) is 6.08 Å². The van der Waals surface area contributed by atoms with Crippen LogP contribution in [0.4, 0.5) is 0 Å². The number of fused-ring (bicyclic) bond motifs is 1.